The zero-order valence-electron chi connectivity index (χ0n) is 15.0. The first-order chi connectivity index (χ1) is 13.0. The molecule has 0 saturated carbocycles. The number of ether oxygens (including phenoxy) is 2. The molecule has 0 spiro atoms. The summed E-state index contributed by atoms with van der Waals surface area (Å²) < 4.78 is 11.5. The maximum Gasteiger partial charge on any atom is 0.261 e. The van der Waals surface area contributed by atoms with Gasteiger partial charge in [0.2, 0.25) is 0 Å². The normalized spacial score (nSPS) is 18.0. The Balaban J connectivity index is 1.51. The Morgan fingerprint density at radius 1 is 1.22 bits per heavy atom. The van der Waals surface area contributed by atoms with Gasteiger partial charge in [-0.1, -0.05) is 12.1 Å². The van der Waals surface area contributed by atoms with Crippen LogP contribution in [0.3, 0.4) is 0 Å². The van der Waals surface area contributed by atoms with Crippen molar-refractivity contribution in [2.24, 2.45) is 0 Å². The fourth-order valence-electron chi connectivity index (χ4n) is 3.48. The quantitative estimate of drug-likeness (QED) is 0.893. The number of Topliss-reactive ketones (excluding diaryl/α,β-unsaturated/α-hetero) is 1. The van der Waals surface area contributed by atoms with Crippen molar-refractivity contribution in [3.05, 3.63) is 57.5 Å². The van der Waals surface area contributed by atoms with Gasteiger partial charge < -0.3 is 19.4 Å². The molecule has 140 valence electrons. The van der Waals surface area contributed by atoms with E-state index in [0.717, 1.165) is 6.42 Å². The summed E-state index contributed by atoms with van der Waals surface area (Å²) in [7, 11) is 1.60. The van der Waals surface area contributed by atoms with E-state index in [1.54, 1.807) is 7.05 Å². The number of aromatic nitrogens is 1. The molecule has 0 radical (unpaired) electrons. The Bertz CT molecular complexity index is 965. The van der Waals surface area contributed by atoms with E-state index in [4.69, 9.17) is 9.47 Å². The number of aryl methyl sites for hydroxylation is 1. The van der Waals surface area contributed by atoms with Gasteiger partial charge in [-0.3, -0.25) is 14.4 Å². The second-order valence-electron chi connectivity index (χ2n) is 6.86. The number of aromatic amines is 1. The van der Waals surface area contributed by atoms with Crippen LogP contribution < -0.4 is 15.0 Å². The van der Waals surface area contributed by atoms with Gasteiger partial charge in [0, 0.05) is 24.7 Å². The van der Waals surface area contributed by atoms with E-state index < -0.39 is 11.5 Å². The van der Waals surface area contributed by atoms with Gasteiger partial charge in [-0.25, -0.2) is 0 Å². The van der Waals surface area contributed by atoms with Crippen molar-refractivity contribution in [1.29, 1.82) is 0 Å². The summed E-state index contributed by atoms with van der Waals surface area (Å²) in [4.78, 5) is 41.3. The first-order valence-electron chi connectivity index (χ1n) is 8.96. The number of pyridine rings is 1. The third-order valence-electron chi connectivity index (χ3n) is 4.88. The van der Waals surface area contributed by atoms with Crippen LogP contribution in [-0.4, -0.2) is 47.9 Å². The first-order valence-corrected chi connectivity index (χ1v) is 8.96. The van der Waals surface area contributed by atoms with Gasteiger partial charge in [0.05, 0.1) is 6.54 Å². The van der Waals surface area contributed by atoms with Crippen molar-refractivity contribution in [3.8, 4) is 11.5 Å². The summed E-state index contributed by atoms with van der Waals surface area (Å²) >= 11 is 0. The van der Waals surface area contributed by atoms with E-state index in [0.29, 0.717) is 42.2 Å². The molecule has 7 heteroatoms. The molecule has 1 aromatic heterocycles. The summed E-state index contributed by atoms with van der Waals surface area (Å²) in [6.07, 6.45) is 1.46. The number of H-pyrrole nitrogens is 1. The van der Waals surface area contributed by atoms with E-state index in [-0.39, 0.29) is 24.0 Å². The van der Waals surface area contributed by atoms with Crippen LogP contribution in [0.15, 0.2) is 35.1 Å². The van der Waals surface area contributed by atoms with Gasteiger partial charge in [0.15, 0.2) is 23.4 Å². The minimum atomic E-state index is -0.466. The third kappa shape index (κ3) is 3.32. The van der Waals surface area contributed by atoms with Crippen molar-refractivity contribution in [2.75, 3.05) is 20.2 Å². The zero-order valence-corrected chi connectivity index (χ0v) is 15.0. The van der Waals surface area contributed by atoms with Crippen LogP contribution in [0.1, 0.15) is 39.3 Å². The number of amides is 1. The molecular weight excluding hydrogens is 348 g/mol. The molecule has 2 aromatic rings. The molecule has 0 saturated heterocycles. The highest BCUT2D eigenvalue weighted by atomic mass is 16.6. The lowest BCUT2D eigenvalue weighted by Crippen LogP contribution is -2.43. The fourth-order valence-corrected chi connectivity index (χ4v) is 3.48. The van der Waals surface area contributed by atoms with Crippen molar-refractivity contribution >= 4 is 11.7 Å². The molecule has 1 aliphatic heterocycles. The second-order valence-corrected chi connectivity index (χ2v) is 6.86. The molecule has 2 heterocycles. The summed E-state index contributed by atoms with van der Waals surface area (Å²) in [6.45, 7) is 0.575. The number of carbonyl (C=O) groups excluding carboxylic acids is 2. The van der Waals surface area contributed by atoms with Crippen LogP contribution in [0.4, 0.5) is 0 Å². The highest BCUT2D eigenvalue weighted by Crippen LogP contribution is 2.31. The van der Waals surface area contributed by atoms with Crippen LogP contribution in [0, 0.1) is 0 Å². The molecule has 1 aromatic carbocycles. The maximum absolute atomic E-state index is 12.8. The zero-order chi connectivity index (χ0) is 19.0. The Labute approximate surface area is 155 Å². The van der Waals surface area contributed by atoms with Crippen molar-refractivity contribution in [3.63, 3.8) is 0 Å². The number of rotatable bonds is 3. The summed E-state index contributed by atoms with van der Waals surface area (Å²) in [6, 6.07) is 8.78. The van der Waals surface area contributed by atoms with E-state index in [1.807, 2.05) is 24.3 Å². The summed E-state index contributed by atoms with van der Waals surface area (Å²) in [5, 5.41) is 0. The van der Waals surface area contributed by atoms with Crippen LogP contribution in [0.2, 0.25) is 0 Å². The van der Waals surface area contributed by atoms with Crippen LogP contribution >= 0.6 is 0 Å². The van der Waals surface area contributed by atoms with Crippen LogP contribution in [0.5, 0.6) is 11.5 Å². The highest BCUT2D eigenvalue weighted by molar-refractivity contribution is 6.01. The highest BCUT2D eigenvalue weighted by Gasteiger charge is 2.27. The number of benzene rings is 1. The van der Waals surface area contributed by atoms with Crippen molar-refractivity contribution < 1.29 is 19.1 Å². The standard InChI is InChI=1S/C20H20N2O5/c1-22(10-12-11-26-17-7-2-3-8-18(17)27-12)20(25)14-9-13-15(21-19(14)24)5-4-6-16(13)23/h2-3,7-9,12H,4-6,10-11H2,1H3,(H,21,24)/t12-/m1/s1. The number of nitrogens with one attached hydrogen (secondary N) is 1. The van der Waals surface area contributed by atoms with Gasteiger partial charge in [0.25, 0.3) is 11.5 Å². The van der Waals surface area contributed by atoms with E-state index in [9.17, 15) is 14.4 Å². The second kappa shape index (κ2) is 6.90. The molecule has 0 unspecified atom stereocenters. The number of ketones is 1. The molecule has 1 atom stereocenters. The van der Waals surface area contributed by atoms with Crippen molar-refractivity contribution in [2.45, 2.75) is 25.4 Å². The van der Waals surface area contributed by atoms with Crippen LogP contribution in [0.25, 0.3) is 0 Å². The first kappa shape index (κ1) is 17.3. The lowest BCUT2D eigenvalue weighted by Gasteiger charge is -2.29. The number of likely N-dealkylation sites (N-methyl/N-ethyl adjacent to an activating group) is 1. The Kier molecular flexibility index (Phi) is 4.43. The summed E-state index contributed by atoms with van der Waals surface area (Å²) in [5.74, 6) is 0.823. The fraction of sp³-hybridized carbons (Fsp3) is 0.350. The van der Waals surface area contributed by atoms with Gasteiger partial charge in [-0.05, 0) is 31.0 Å². The van der Waals surface area contributed by atoms with Crippen molar-refractivity contribution in [1.82, 2.24) is 9.88 Å². The maximum atomic E-state index is 12.8. The lowest BCUT2D eigenvalue weighted by molar-refractivity contribution is 0.0520. The molecular formula is C20H20N2O5. The van der Waals surface area contributed by atoms with E-state index in [1.165, 1.54) is 11.0 Å². The molecule has 4 rings (SSSR count). The predicted octanol–water partition coefficient (Wildman–Crippen LogP) is 1.81. The topological polar surface area (TPSA) is 88.7 Å². The average Bonchev–Trinajstić information content (AvgIpc) is 2.67. The Hall–Kier alpha value is -3.09. The SMILES string of the molecule is CN(C[C@@H]1COc2ccccc2O1)C(=O)c1cc2c([nH]c1=O)CCCC2=O. The van der Waals surface area contributed by atoms with Gasteiger partial charge in [-0.15, -0.1) is 0 Å². The van der Waals surface area contributed by atoms with E-state index >= 15 is 0 Å². The van der Waals surface area contributed by atoms with E-state index in [2.05, 4.69) is 4.98 Å². The third-order valence-corrected chi connectivity index (χ3v) is 4.88. The number of carbonyl (C=O) groups is 2. The molecule has 1 aliphatic carbocycles. The van der Waals surface area contributed by atoms with Gasteiger partial charge in [0.1, 0.15) is 12.2 Å². The lowest BCUT2D eigenvalue weighted by atomic mass is 9.93. The Morgan fingerprint density at radius 3 is 2.81 bits per heavy atom. The largest absolute Gasteiger partial charge is 0.486 e. The number of para-hydroxylation sites is 2. The molecule has 0 bridgehead atoms. The van der Waals surface area contributed by atoms with Crippen LogP contribution in [-0.2, 0) is 6.42 Å². The molecule has 27 heavy (non-hydrogen) atoms. The van der Waals surface area contributed by atoms with Gasteiger partial charge >= 0.3 is 0 Å². The smallest absolute Gasteiger partial charge is 0.261 e. The number of hydrogen-bond acceptors (Lipinski definition) is 5. The van der Waals surface area contributed by atoms with Gasteiger partial charge in [-0.2, -0.15) is 0 Å². The number of nitrogens with zero attached hydrogens (tertiary/aromatic N) is 1. The Morgan fingerprint density at radius 2 is 2.00 bits per heavy atom. The molecule has 1 amide bonds. The number of hydrogen-bond donors (Lipinski definition) is 1. The monoisotopic (exact) mass is 368 g/mol. The molecule has 0 fully saturated rings. The average molecular weight is 368 g/mol. The predicted molar refractivity (Wildman–Crippen MR) is 97.6 cm³/mol. The molecule has 1 N–H and O–H groups in total. The minimum absolute atomic E-state index is 0.0244. The minimum Gasteiger partial charge on any atom is -0.486 e. The molecule has 2 aliphatic rings. The number of fused-ring (bicyclic) bond motifs is 2. The summed E-state index contributed by atoms with van der Waals surface area (Å²) in [5.41, 5.74) is 0.579. The molecule has 7 nitrogen and oxygen atoms in total.